The lowest BCUT2D eigenvalue weighted by atomic mass is 10.0. The second-order valence-electron chi connectivity index (χ2n) is 13.3. The van der Waals surface area contributed by atoms with Gasteiger partial charge in [-0.25, -0.2) is 13.2 Å². The molecule has 2 amide bonds. The Morgan fingerprint density at radius 3 is 2.63 bits per heavy atom. The van der Waals surface area contributed by atoms with E-state index in [1.54, 1.807) is 18.2 Å². The van der Waals surface area contributed by atoms with Crippen LogP contribution >= 0.6 is 0 Å². The van der Waals surface area contributed by atoms with Crippen LogP contribution in [-0.2, 0) is 35.4 Å². The number of alkyl carbamates (subject to hydrolysis) is 1. The topological polar surface area (TPSA) is 173 Å². The number of carbonyl (C=O) groups excluding carboxylic acids is 2. The van der Waals surface area contributed by atoms with Crippen molar-refractivity contribution in [2.45, 2.75) is 56.1 Å². The minimum atomic E-state index is -4.23. The highest BCUT2D eigenvalue weighted by Crippen LogP contribution is 2.37. The van der Waals surface area contributed by atoms with Crippen molar-refractivity contribution in [2.24, 2.45) is 11.8 Å². The summed E-state index contributed by atoms with van der Waals surface area (Å²) in [6, 6.07) is 17.4. The summed E-state index contributed by atoms with van der Waals surface area (Å²) in [7, 11) is -2.81. The lowest BCUT2D eigenvalue weighted by molar-refractivity contribution is -0.110. The number of hydrogen-bond donors (Lipinski definition) is 4. The molecule has 0 aliphatic carbocycles. The third-order valence-corrected chi connectivity index (χ3v) is 11.0. The van der Waals surface area contributed by atoms with Crippen molar-refractivity contribution in [3.05, 3.63) is 83.4 Å². The molecule has 51 heavy (non-hydrogen) atoms. The van der Waals surface area contributed by atoms with Gasteiger partial charge in [0, 0.05) is 29.9 Å². The molecule has 6 rings (SSSR count). The van der Waals surface area contributed by atoms with Gasteiger partial charge in [-0.05, 0) is 66.3 Å². The molecule has 3 aromatic rings. The SMILES string of the molecule is COc1cc(/C=C2\C(=O)Nc3ccc(S(=O)(=O)N(CC(C)C)C[C@@H](O)[C@H](Cc4ccccc4)NC(=O)OC4COC5OCCC45)cc32)ccc1O. The molecule has 0 saturated carbocycles. The molecule has 3 aliphatic heterocycles. The van der Waals surface area contributed by atoms with Gasteiger partial charge in [0.15, 0.2) is 17.8 Å². The summed E-state index contributed by atoms with van der Waals surface area (Å²) in [6.45, 7) is 4.22. The number of phenolic OH excluding ortho intramolecular Hbond substituents is 1. The van der Waals surface area contributed by atoms with E-state index in [0.717, 1.165) is 5.56 Å². The Morgan fingerprint density at radius 2 is 1.88 bits per heavy atom. The summed E-state index contributed by atoms with van der Waals surface area (Å²) in [6.07, 6.45) is -0.462. The third-order valence-electron chi connectivity index (χ3n) is 9.20. The van der Waals surface area contributed by atoms with Crippen LogP contribution in [0.5, 0.6) is 11.5 Å². The summed E-state index contributed by atoms with van der Waals surface area (Å²) in [5, 5.41) is 27.2. The molecular weight excluding hydrogens is 678 g/mol. The fraction of sp³-hybridized carbons (Fsp3) is 0.405. The minimum absolute atomic E-state index is 0.0597. The number of phenols is 1. The second kappa shape index (κ2) is 15.4. The van der Waals surface area contributed by atoms with E-state index >= 15 is 0 Å². The van der Waals surface area contributed by atoms with Gasteiger partial charge in [-0.15, -0.1) is 0 Å². The van der Waals surface area contributed by atoms with Crippen LogP contribution in [0.3, 0.4) is 0 Å². The maximum atomic E-state index is 14.3. The first-order valence-electron chi connectivity index (χ1n) is 16.9. The number of aromatic hydroxyl groups is 1. The van der Waals surface area contributed by atoms with Gasteiger partial charge in [0.05, 0.1) is 43.3 Å². The zero-order valence-electron chi connectivity index (χ0n) is 28.7. The van der Waals surface area contributed by atoms with E-state index < -0.39 is 46.6 Å². The number of carbonyl (C=O) groups is 2. The largest absolute Gasteiger partial charge is 0.504 e. The Morgan fingerprint density at radius 1 is 1.10 bits per heavy atom. The van der Waals surface area contributed by atoms with E-state index in [1.165, 1.54) is 35.7 Å². The molecule has 13 nitrogen and oxygen atoms in total. The smallest absolute Gasteiger partial charge is 0.407 e. The highest BCUT2D eigenvalue weighted by Gasteiger charge is 2.44. The van der Waals surface area contributed by atoms with Crippen LogP contribution in [0.2, 0.25) is 0 Å². The van der Waals surface area contributed by atoms with Gasteiger partial charge in [0.1, 0.15) is 6.10 Å². The second-order valence-corrected chi connectivity index (χ2v) is 15.3. The first kappa shape index (κ1) is 36.3. The van der Waals surface area contributed by atoms with Crippen LogP contribution in [0.4, 0.5) is 10.5 Å². The Kier molecular flexibility index (Phi) is 11.0. The molecule has 0 spiro atoms. The lowest BCUT2D eigenvalue weighted by Crippen LogP contribution is -2.51. The van der Waals surface area contributed by atoms with Crippen molar-refractivity contribution in [1.29, 1.82) is 0 Å². The molecule has 3 aromatic carbocycles. The fourth-order valence-electron chi connectivity index (χ4n) is 6.61. The normalized spacial score (nSPS) is 21.7. The molecule has 14 heteroatoms. The van der Waals surface area contributed by atoms with Crippen molar-refractivity contribution in [2.75, 3.05) is 38.7 Å². The molecule has 3 heterocycles. The minimum Gasteiger partial charge on any atom is -0.504 e. The molecule has 2 fully saturated rings. The molecule has 3 unspecified atom stereocenters. The predicted molar refractivity (Wildman–Crippen MR) is 188 cm³/mol. The molecule has 0 radical (unpaired) electrons. The summed E-state index contributed by atoms with van der Waals surface area (Å²) in [4.78, 5) is 26.1. The molecular formula is C37H43N3O10S. The van der Waals surface area contributed by atoms with E-state index in [-0.39, 0.29) is 59.9 Å². The number of rotatable bonds is 13. The number of anilines is 1. The quantitative estimate of drug-likeness (QED) is 0.189. The fourth-order valence-corrected chi connectivity index (χ4v) is 8.25. The van der Waals surface area contributed by atoms with Crippen LogP contribution in [0.1, 0.15) is 37.0 Å². The molecule has 2 saturated heterocycles. The van der Waals surface area contributed by atoms with Gasteiger partial charge >= 0.3 is 6.09 Å². The number of aliphatic hydroxyl groups excluding tert-OH is 1. The van der Waals surface area contributed by atoms with Gasteiger partial charge in [0.25, 0.3) is 5.91 Å². The van der Waals surface area contributed by atoms with Gasteiger partial charge in [-0.2, -0.15) is 4.31 Å². The Bertz CT molecular complexity index is 1880. The monoisotopic (exact) mass is 721 g/mol. The standard InChI is InChI=1S/C37H43N3O10S/c1-22(2)19-40(20-32(42)30(16-23-7-5-4-6-8-23)39-37(44)50-34-21-49-36-26(34)13-14-48-36)51(45,46)25-10-11-29-27(18-25)28(35(43)38-29)15-24-9-12-31(41)33(17-24)47-3/h4-12,15,17-18,22,26,30,32,34,36,41-42H,13-14,16,19-21H2,1-3H3,(H,38,43)(H,39,44)/b28-15-/t26?,30-,32+,34?,36?/m0/s1. The number of benzene rings is 3. The Hall–Kier alpha value is -4.47. The van der Waals surface area contributed by atoms with Crippen LogP contribution < -0.4 is 15.4 Å². The van der Waals surface area contributed by atoms with Crippen molar-refractivity contribution >= 4 is 39.4 Å². The zero-order valence-corrected chi connectivity index (χ0v) is 29.5. The van der Waals surface area contributed by atoms with Crippen molar-refractivity contribution in [1.82, 2.24) is 9.62 Å². The van der Waals surface area contributed by atoms with E-state index in [4.69, 9.17) is 18.9 Å². The highest BCUT2D eigenvalue weighted by atomic mass is 32.2. The zero-order chi connectivity index (χ0) is 36.3. The lowest BCUT2D eigenvalue weighted by Gasteiger charge is -2.31. The number of amides is 2. The summed E-state index contributed by atoms with van der Waals surface area (Å²) in [5.74, 6) is -0.436. The maximum absolute atomic E-state index is 14.3. The maximum Gasteiger partial charge on any atom is 0.407 e. The van der Waals surface area contributed by atoms with Gasteiger partial charge in [-0.3, -0.25) is 4.79 Å². The molecule has 0 aromatic heterocycles. The van der Waals surface area contributed by atoms with Crippen LogP contribution in [0.25, 0.3) is 11.6 Å². The molecule has 4 N–H and O–H groups in total. The number of sulfonamides is 1. The first-order valence-corrected chi connectivity index (χ1v) is 18.3. The van der Waals surface area contributed by atoms with Gasteiger partial charge in [0.2, 0.25) is 10.0 Å². The number of fused-ring (bicyclic) bond motifs is 2. The third kappa shape index (κ3) is 8.21. The van der Waals surface area contributed by atoms with Gasteiger partial charge < -0.3 is 39.8 Å². The molecule has 5 atom stereocenters. The highest BCUT2D eigenvalue weighted by molar-refractivity contribution is 7.89. The Labute approximate surface area is 297 Å². The summed E-state index contributed by atoms with van der Waals surface area (Å²) >= 11 is 0. The molecule has 0 bridgehead atoms. The average Bonchev–Trinajstić information content (AvgIpc) is 3.80. The molecule has 272 valence electrons. The van der Waals surface area contributed by atoms with Crippen molar-refractivity contribution in [3.8, 4) is 11.5 Å². The number of methoxy groups -OCH3 is 1. The van der Waals surface area contributed by atoms with E-state index in [2.05, 4.69) is 10.6 Å². The summed E-state index contributed by atoms with van der Waals surface area (Å²) < 4.78 is 51.9. The van der Waals surface area contributed by atoms with Crippen molar-refractivity contribution in [3.63, 3.8) is 0 Å². The van der Waals surface area contributed by atoms with Crippen LogP contribution in [-0.4, -0.2) is 92.9 Å². The van der Waals surface area contributed by atoms with Crippen molar-refractivity contribution < 1.29 is 47.2 Å². The predicted octanol–water partition coefficient (Wildman–Crippen LogP) is 4.00. The van der Waals surface area contributed by atoms with E-state index in [0.29, 0.717) is 29.8 Å². The number of aliphatic hydroxyl groups is 1. The number of nitrogens with zero attached hydrogens (tertiary/aromatic N) is 1. The Balaban J connectivity index is 1.25. The van der Waals surface area contributed by atoms with E-state index in [9.17, 15) is 28.2 Å². The van der Waals surface area contributed by atoms with Gasteiger partial charge in [-0.1, -0.05) is 50.2 Å². The molecule has 3 aliphatic rings. The van der Waals surface area contributed by atoms with Crippen LogP contribution in [0.15, 0.2) is 71.6 Å². The van der Waals surface area contributed by atoms with Crippen LogP contribution in [0, 0.1) is 11.8 Å². The number of hydrogen-bond acceptors (Lipinski definition) is 10. The number of ether oxygens (including phenoxy) is 4. The number of nitrogens with one attached hydrogen (secondary N) is 2. The van der Waals surface area contributed by atoms with E-state index in [1.807, 2.05) is 44.2 Å². The average molecular weight is 722 g/mol. The first-order chi connectivity index (χ1) is 24.4. The summed E-state index contributed by atoms with van der Waals surface area (Å²) in [5.41, 5.74) is 2.46.